The first-order valence-electron chi connectivity index (χ1n) is 9.16. The standard InChI is InChI=1S/C22H15N3O5/c1-13-5-6-19-17(7-13)24-22(30-19)14-3-2-4-16(8-14)23-11-15-9-20-21(29-12-28-20)10-18(15)25(26)27/h2-11H,12H2,1H3. The van der Waals surface area contributed by atoms with E-state index < -0.39 is 4.92 Å². The summed E-state index contributed by atoms with van der Waals surface area (Å²) in [5.41, 5.74) is 4.19. The second-order valence-electron chi connectivity index (χ2n) is 6.82. The molecule has 0 saturated carbocycles. The van der Waals surface area contributed by atoms with Gasteiger partial charge in [-0.05, 0) is 48.9 Å². The van der Waals surface area contributed by atoms with Crippen LogP contribution in [0.5, 0.6) is 11.5 Å². The highest BCUT2D eigenvalue weighted by Gasteiger charge is 2.22. The second kappa shape index (κ2) is 7.00. The van der Waals surface area contributed by atoms with E-state index in [1.54, 1.807) is 12.1 Å². The number of aliphatic imine (C=N–C) groups is 1. The van der Waals surface area contributed by atoms with E-state index in [0.29, 0.717) is 34.2 Å². The molecule has 1 aliphatic rings. The van der Waals surface area contributed by atoms with Gasteiger partial charge in [0.2, 0.25) is 12.7 Å². The van der Waals surface area contributed by atoms with Crippen LogP contribution in [-0.4, -0.2) is 22.9 Å². The lowest BCUT2D eigenvalue weighted by Crippen LogP contribution is -1.94. The summed E-state index contributed by atoms with van der Waals surface area (Å²) in [5.74, 6) is 1.30. The van der Waals surface area contributed by atoms with Gasteiger partial charge in [0.25, 0.3) is 5.69 Å². The van der Waals surface area contributed by atoms with Crippen molar-refractivity contribution >= 4 is 28.7 Å². The molecule has 0 aliphatic carbocycles. The predicted octanol–water partition coefficient (Wildman–Crippen LogP) is 5.19. The first kappa shape index (κ1) is 17.9. The lowest BCUT2D eigenvalue weighted by molar-refractivity contribution is -0.385. The molecule has 30 heavy (non-hydrogen) atoms. The molecule has 1 aliphatic heterocycles. The number of nitro groups is 1. The minimum absolute atomic E-state index is 0.0408. The average Bonchev–Trinajstić information content (AvgIpc) is 3.37. The molecule has 0 radical (unpaired) electrons. The number of nitro benzene ring substituents is 1. The van der Waals surface area contributed by atoms with Crippen LogP contribution in [0.3, 0.4) is 0 Å². The van der Waals surface area contributed by atoms with Gasteiger partial charge in [0.1, 0.15) is 5.52 Å². The molecule has 148 valence electrons. The summed E-state index contributed by atoms with van der Waals surface area (Å²) in [4.78, 5) is 19.9. The Kier molecular flexibility index (Phi) is 4.17. The molecule has 1 aromatic heterocycles. The Hall–Kier alpha value is -4.20. The van der Waals surface area contributed by atoms with E-state index in [9.17, 15) is 10.1 Å². The van der Waals surface area contributed by atoms with Crippen LogP contribution < -0.4 is 9.47 Å². The molecule has 8 heteroatoms. The number of aromatic nitrogens is 1. The molecule has 0 spiro atoms. The van der Waals surface area contributed by atoms with Gasteiger partial charge in [-0.2, -0.15) is 0 Å². The van der Waals surface area contributed by atoms with Gasteiger partial charge in [-0.25, -0.2) is 4.98 Å². The summed E-state index contributed by atoms with van der Waals surface area (Å²) < 4.78 is 16.4. The Labute approximate surface area is 170 Å². The fourth-order valence-corrected chi connectivity index (χ4v) is 3.23. The SMILES string of the molecule is Cc1ccc2oc(-c3cccc(N=Cc4cc5c(cc4[N+](=O)[O-])OCO5)c3)nc2c1. The zero-order valence-electron chi connectivity index (χ0n) is 15.9. The third kappa shape index (κ3) is 3.24. The number of hydrogen-bond acceptors (Lipinski definition) is 7. The lowest BCUT2D eigenvalue weighted by Gasteiger charge is -2.01. The lowest BCUT2D eigenvalue weighted by atomic mass is 10.1. The molecular formula is C22H15N3O5. The maximum absolute atomic E-state index is 11.4. The van der Waals surface area contributed by atoms with Gasteiger partial charge in [0.05, 0.1) is 22.2 Å². The third-order valence-electron chi connectivity index (χ3n) is 4.71. The van der Waals surface area contributed by atoms with Gasteiger partial charge in [-0.3, -0.25) is 15.1 Å². The maximum Gasteiger partial charge on any atom is 0.282 e. The van der Waals surface area contributed by atoms with Crippen LogP contribution in [0.4, 0.5) is 11.4 Å². The average molecular weight is 401 g/mol. The molecule has 0 bridgehead atoms. The van der Waals surface area contributed by atoms with E-state index in [4.69, 9.17) is 13.9 Å². The van der Waals surface area contributed by atoms with E-state index in [1.165, 1.54) is 12.3 Å². The zero-order valence-corrected chi connectivity index (χ0v) is 15.9. The van der Waals surface area contributed by atoms with E-state index in [-0.39, 0.29) is 12.5 Å². The topological polar surface area (TPSA) is 100.0 Å². The van der Waals surface area contributed by atoms with Crippen LogP contribution in [0.2, 0.25) is 0 Å². The van der Waals surface area contributed by atoms with E-state index >= 15 is 0 Å². The molecule has 3 aromatic carbocycles. The number of rotatable bonds is 4. The van der Waals surface area contributed by atoms with Gasteiger partial charge in [0.15, 0.2) is 17.1 Å². The Morgan fingerprint density at radius 3 is 2.77 bits per heavy atom. The fraction of sp³-hybridized carbons (Fsp3) is 0.0909. The molecule has 0 fully saturated rings. The van der Waals surface area contributed by atoms with Crippen molar-refractivity contribution in [3.63, 3.8) is 0 Å². The number of ether oxygens (including phenoxy) is 2. The molecule has 0 N–H and O–H groups in total. The zero-order chi connectivity index (χ0) is 20.7. The molecule has 4 aromatic rings. The van der Waals surface area contributed by atoms with Crippen LogP contribution >= 0.6 is 0 Å². The maximum atomic E-state index is 11.4. The summed E-state index contributed by atoms with van der Waals surface area (Å²) >= 11 is 0. The molecule has 2 heterocycles. The van der Waals surface area contributed by atoms with Crippen LogP contribution in [0, 0.1) is 17.0 Å². The smallest absolute Gasteiger partial charge is 0.282 e. The summed E-state index contributed by atoms with van der Waals surface area (Å²) in [7, 11) is 0. The van der Waals surface area contributed by atoms with Crippen molar-refractivity contribution in [1.29, 1.82) is 0 Å². The first-order chi connectivity index (χ1) is 14.6. The van der Waals surface area contributed by atoms with Crippen molar-refractivity contribution in [1.82, 2.24) is 4.98 Å². The van der Waals surface area contributed by atoms with E-state index in [2.05, 4.69) is 9.98 Å². The summed E-state index contributed by atoms with van der Waals surface area (Å²) in [6.45, 7) is 2.04. The molecule has 0 unspecified atom stereocenters. The van der Waals surface area contributed by atoms with Crippen molar-refractivity contribution in [3.8, 4) is 23.0 Å². The van der Waals surface area contributed by atoms with Crippen LogP contribution in [0.15, 0.2) is 64.0 Å². The monoisotopic (exact) mass is 401 g/mol. The molecule has 8 nitrogen and oxygen atoms in total. The van der Waals surface area contributed by atoms with E-state index in [0.717, 1.165) is 16.6 Å². The van der Waals surface area contributed by atoms with Gasteiger partial charge in [-0.15, -0.1) is 0 Å². The van der Waals surface area contributed by atoms with Gasteiger partial charge >= 0.3 is 0 Å². The number of nitrogens with zero attached hydrogens (tertiary/aromatic N) is 3. The van der Waals surface area contributed by atoms with Crippen LogP contribution in [0.25, 0.3) is 22.6 Å². The minimum atomic E-state index is -0.472. The molecule has 5 rings (SSSR count). The van der Waals surface area contributed by atoms with Crippen molar-refractivity contribution in [2.45, 2.75) is 6.92 Å². The summed E-state index contributed by atoms with van der Waals surface area (Å²) in [6.07, 6.45) is 1.44. The van der Waals surface area contributed by atoms with E-state index in [1.807, 2.05) is 43.3 Å². The number of oxazole rings is 1. The Bertz CT molecular complexity index is 1330. The third-order valence-corrected chi connectivity index (χ3v) is 4.71. The largest absolute Gasteiger partial charge is 0.454 e. The van der Waals surface area contributed by atoms with Gasteiger partial charge in [0, 0.05) is 11.8 Å². The van der Waals surface area contributed by atoms with Crippen molar-refractivity contribution in [3.05, 3.63) is 75.8 Å². The molecule has 0 amide bonds. The van der Waals surface area contributed by atoms with Crippen molar-refractivity contribution in [2.75, 3.05) is 6.79 Å². The molecule has 0 saturated heterocycles. The number of benzene rings is 3. The molecule has 0 atom stereocenters. The summed E-state index contributed by atoms with van der Waals surface area (Å²) in [6, 6.07) is 16.0. The Morgan fingerprint density at radius 1 is 1.10 bits per heavy atom. The van der Waals surface area contributed by atoms with Gasteiger partial charge < -0.3 is 13.9 Å². The second-order valence-corrected chi connectivity index (χ2v) is 6.82. The Balaban J connectivity index is 1.49. The normalized spacial score (nSPS) is 12.7. The van der Waals surface area contributed by atoms with Crippen molar-refractivity contribution in [2.24, 2.45) is 4.99 Å². The number of hydrogen-bond donors (Lipinski definition) is 0. The Morgan fingerprint density at radius 2 is 1.93 bits per heavy atom. The number of fused-ring (bicyclic) bond motifs is 2. The highest BCUT2D eigenvalue weighted by molar-refractivity contribution is 5.89. The summed E-state index contributed by atoms with van der Waals surface area (Å²) in [5, 5.41) is 11.4. The quantitative estimate of drug-likeness (QED) is 0.265. The highest BCUT2D eigenvalue weighted by Crippen LogP contribution is 2.37. The van der Waals surface area contributed by atoms with Crippen LogP contribution in [-0.2, 0) is 0 Å². The predicted molar refractivity (Wildman–Crippen MR) is 111 cm³/mol. The molecular weight excluding hydrogens is 386 g/mol. The van der Waals surface area contributed by atoms with Crippen molar-refractivity contribution < 1.29 is 18.8 Å². The highest BCUT2D eigenvalue weighted by atomic mass is 16.7. The first-order valence-corrected chi connectivity index (χ1v) is 9.16. The van der Waals surface area contributed by atoms with Crippen LogP contribution in [0.1, 0.15) is 11.1 Å². The van der Waals surface area contributed by atoms with Gasteiger partial charge in [-0.1, -0.05) is 12.1 Å². The fourth-order valence-electron chi connectivity index (χ4n) is 3.23. The number of aryl methyl sites for hydroxylation is 1. The minimum Gasteiger partial charge on any atom is -0.454 e.